The highest BCUT2D eigenvalue weighted by Crippen LogP contribution is 2.09. The molecule has 1 fully saturated rings. The second kappa shape index (κ2) is 10.4. The predicted octanol–water partition coefficient (Wildman–Crippen LogP) is 2.34. The van der Waals surface area contributed by atoms with Crippen molar-refractivity contribution in [2.24, 2.45) is 4.99 Å². The predicted molar refractivity (Wildman–Crippen MR) is 106 cm³/mol. The molecule has 1 saturated heterocycles. The molecule has 26 heavy (non-hydrogen) atoms. The molecule has 6 nitrogen and oxygen atoms in total. The number of hydrogen-bond acceptors (Lipinski definition) is 5. The fourth-order valence-corrected chi connectivity index (χ4v) is 3.51. The molecule has 0 aliphatic carbocycles. The van der Waals surface area contributed by atoms with Crippen LogP contribution in [0.1, 0.15) is 17.6 Å². The number of thiophene rings is 1. The summed E-state index contributed by atoms with van der Waals surface area (Å²) in [7, 11) is 0. The normalized spacial score (nSPS) is 17.2. The fourth-order valence-electron chi connectivity index (χ4n) is 2.88. The van der Waals surface area contributed by atoms with E-state index in [1.807, 2.05) is 12.1 Å². The molecule has 0 bridgehead atoms. The molecule has 2 aromatic heterocycles. The van der Waals surface area contributed by atoms with Gasteiger partial charge < -0.3 is 19.8 Å². The zero-order valence-corrected chi connectivity index (χ0v) is 16.1. The Labute approximate surface area is 159 Å². The summed E-state index contributed by atoms with van der Waals surface area (Å²) in [6.07, 6.45) is 2.55. The number of hydrogen-bond donors (Lipinski definition) is 2. The third-order valence-corrected chi connectivity index (χ3v) is 5.31. The molecule has 1 aliphatic rings. The molecule has 0 saturated carbocycles. The zero-order valence-electron chi connectivity index (χ0n) is 15.3. The number of morpholine rings is 1. The number of furan rings is 1. The van der Waals surface area contributed by atoms with Gasteiger partial charge in [0.25, 0.3) is 0 Å². The van der Waals surface area contributed by atoms with E-state index in [1.54, 1.807) is 17.6 Å². The van der Waals surface area contributed by atoms with Crippen LogP contribution in [0.4, 0.5) is 0 Å². The van der Waals surface area contributed by atoms with Crippen molar-refractivity contribution in [3.63, 3.8) is 0 Å². The first-order valence-electron chi connectivity index (χ1n) is 9.20. The van der Waals surface area contributed by atoms with Crippen LogP contribution in [0.2, 0.25) is 0 Å². The van der Waals surface area contributed by atoms with Gasteiger partial charge in [0.2, 0.25) is 0 Å². The van der Waals surface area contributed by atoms with Gasteiger partial charge in [-0.15, -0.1) is 11.3 Å². The quantitative estimate of drug-likeness (QED) is 0.547. The summed E-state index contributed by atoms with van der Waals surface area (Å²) >= 11 is 1.73. The average molecular weight is 377 g/mol. The minimum absolute atomic E-state index is 0.442. The van der Waals surface area contributed by atoms with Gasteiger partial charge in [-0.05, 0) is 30.5 Å². The van der Waals surface area contributed by atoms with Crippen LogP contribution in [0.25, 0.3) is 0 Å². The number of nitrogens with zero attached hydrogens (tertiary/aromatic N) is 2. The lowest BCUT2D eigenvalue weighted by atomic mass is 10.2. The zero-order chi connectivity index (χ0) is 18.0. The van der Waals surface area contributed by atoms with Crippen molar-refractivity contribution in [2.75, 3.05) is 39.4 Å². The summed E-state index contributed by atoms with van der Waals surface area (Å²) in [6.45, 7) is 8.23. The van der Waals surface area contributed by atoms with Crippen molar-refractivity contribution in [1.29, 1.82) is 0 Å². The Morgan fingerprint density at radius 3 is 2.88 bits per heavy atom. The number of aliphatic imine (C=N–C) groups is 1. The van der Waals surface area contributed by atoms with Gasteiger partial charge in [0, 0.05) is 43.5 Å². The van der Waals surface area contributed by atoms with Crippen LogP contribution in [-0.4, -0.2) is 56.3 Å². The fraction of sp³-hybridized carbons (Fsp3) is 0.526. The molecule has 3 heterocycles. The van der Waals surface area contributed by atoms with Gasteiger partial charge in [-0.2, -0.15) is 0 Å². The molecule has 0 spiro atoms. The van der Waals surface area contributed by atoms with E-state index in [0.717, 1.165) is 57.5 Å². The van der Waals surface area contributed by atoms with E-state index in [4.69, 9.17) is 14.1 Å². The van der Waals surface area contributed by atoms with Crippen LogP contribution < -0.4 is 10.6 Å². The summed E-state index contributed by atoms with van der Waals surface area (Å²) < 4.78 is 10.8. The summed E-state index contributed by atoms with van der Waals surface area (Å²) in [6, 6.07) is 8.54. The highest BCUT2D eigenvalue weighted by atomic mass is 32.1. The molecule has 7 heteroatoms. The Morgan fingerprint density at radius 1 is 1.27 bits per heavy atom. The number of nitrogens with one attached hydrogen (secondary N) is 2. The largest absolute Gasteiger partial charge is 0.469 e. The SMILES string of the molecule is CC(CNC(=NCc1cccs1)NCCc1ccco1)N1CCOCC1. The first-order chi connectivity index (χ1) is 12.8. The minimum Gasteiger partial charge on any atom is -0.469 e. The van der Waals surface area contributed by atoms with Crippen molar-refractivity contribution in [3.8, 4) is 0 Å². The van der Waals surface area contributed by atoms with Gasteiger partial charge in [-0.1, -0.05) is 6.07 Å². The van der Waals surface area contributed by atoms with Crippen molar-refractivity contribution in [1.82, 2.24) is 15.5 Å². The van der Waals surface area contributed by atoms with E-state index in [-0.39, 0.29) is 0 Å². The molecule has 0 radical (unpaired) electrons. The maximum atomic E-state index is 5.44. The van der Waals surface area contributed by atoms with E-state index in [1.165, 1.54) is 4.88 Å². The van der Waals surface area contributed by atoms with Gasteiger partial charge in [0.1, 0.15) is 5.76 Å². The Balaban J connectivity index is 1.50. The van der Waals surface area contributed by atoms with Gasteiger partial charge >= 0.3 is 0 Å². The summed E-state index contributed by atoms with van der Waals surface area (Å²) in [4.78, 5) is 8.45. The monoisotopic (exact) mass is 376 g/mol. The lowest BCUT2D eigenvalue weighted by Gasteiger charge is -2.32. The van der Waals surface area contributed by atoms with E-state index in [9.17, 15) is 0 Å². The topological polar surface area (TPSA) is 62.0 Å². The van der Waals surface area contributed by atoms with Crippen molar-refractivity contribution in [2.45, 2.75) is 25.9 Å². The number of guanidine groups is 1. The highest BCUT2D eigenvalue weighted by Gasteiger charge is 2.17. The Bertz CT molecular complexity index is 637. The van der Waals surface area contributed by atoms with Crippen LogP contribution in [0, 0.1) is 0 Å². The van der Waals surface area contributed by atoms with Crippen molar-refractivity contribution in [3.05, 3.63) is 46.5 Å². The van der Waals surface area contributed by atoms with Crippen molar-refractivity contribution >= 4 is 17.3 Å². The Morgan fingerprint density at radius 2 is 2.15 bits per heavy atom. The molecule has 1 unspecified atom stereocenters. The maximum absolute atomic E-state index is 5.44. The first kappa shape index (κ1) is 18.9. The second-order valence-corrected chi connectivity index (χ2v) is 7.41. The van der Waals surface area contributed by atoms with Crippen LogP contribution >= 0.6 is 11.3 Å². The molecule has 2 N–H and O–H groups in total. The highest BCUT2D eigenvalue weighted by molar-refractivity contribution is 7.09. The lowest BCUT2D eigenvalue weighted by molar-refractivity contribution is 0.0211. The first-order valence-corrected chi connectivity index (χ1v) is 10.1. The molecule has 2 aromatic rings. The number of rotatable bonds is 8. The minimum atomic E-state index is 0.442. The summed E-state index contributed by atoms with van der Waals surface area (Å²) in [5, 5.41) is 8.99. The van der Waals surface area contributed by atoms with E-state index >= 15 is 0 Å². The van der Waals surface area contributed by atoms with E-state index in [2.05, 4.69) is 40.0 Å². The Kier molecular flexibility index (Phi) is 7.54. The molecule has 1 aliphatic heterocycles. The molecular formula is C19H28N4O2S. The second-order valence-electron chi connectivity index (χ2n) is 6.38. The maximum Gasteiger partial charge on any atom is 0.191 e. The third-order valence-electron chi connectivity index (χ3n) is 4.45. The van der Waals surface area contributed by atoms with Crippen LogP contribution in [0.15, 0.2) is 45.3 Å². The number of ether oxygens (including phenoxy) is 1. The third kappa shape index (κ3) is 6.16. The van der Waals surface area contributed by atoms with Gasteiger partial charge in [-0.3, -0.25) is 4.90 Å². The van der Waals surface area contributed by atoms with Crippen LogP contribution in [0.3, 0.4) is 0 Å². The molecule has 1 atom stereocenters. The standard InChI is InChI=1S/C19H28N4O2S/c1-16(23-8-11-24-12-9-23)14-21-19(22-15-18-5-3-13-26-18)20-7-6-17-4-2-10-25-17/h2-5,10,13,16H,6-9,11-12,14-15H2,1H3,(H2,20,21,22). The van der Waals surface area contributed by atoms with E-state index < -0.39 is 0 Å². The van der Waals surface area contributed by atoms with Gasteiger partial charge in [0.05, 0.1) is 26.0 Å². The van der Waals surface area contributed by atoms with Crippen molar-refractivity contribution < 1.29 is 9.15 Å². The average Bonchev–Trinajstić information content (AvgIpc) is 3.38. The molecule has 0 amide bonds. The van der Waals surface area contributed by atoms with Gasteiger partial charge in [-0.25, -0.2) is 4.99 Å². The lowest BCUT2D eigenvalue weighted by Crippen LogP contribution is -2.49. The molecular weight excluding hydrogens is 348 g/mol. The van der Waals surface area contributed by atoms with Gasteiger partial charge in [0.15, 0.2) is 5.96 Å². The summed E-state index contributed by atoms with van der Waals surface area (Å²) in [5.41, 5.74) is 0. The molecule has 3 rings (SSSR count). The smallest absolute Gasteiger partial charge is 0.191 e. The van der Waals surface area contributed by atoms with Crippen LogP contribution in [0.5, 0.6) is 0 Å². The van der Waals surface area contributed by atoms with Crippen LogP contribution in [-0.2, 0) is 17.7 Å². The molecule has 142 valence electrons. The Hall–Kier alpha value is -1.83. The van der Waals surface area contributed by atoms with E-state index in [0.29, 0.717) is 12.6 Å². The summed E-state index contributed by atoms with van der Waals surface area (Å²) in [5.74, 6) is 1.84. The molecule has 0 aromatic carbocycles.